The molecule has 3 unspecified atom stereocenters. The SMILES string of the molecule is Cc1nc2ccc(C3=CCC4[C@@]56CC[C@]7(C[C@H](N(C)C)[C@@H](O)[C@H](O)C7CC5(Cl)CC[C@]34C)O6)cc2o1. The number of allylic oxidation sites excluding steroid dienone is 2. The number of hydrogen-bond donors (Lipinski definition) is 2. The first-order valence-electron chi connectivity index (χ1n) is 13.5. The van der Waals surface area contributed by atoms with Crippen LogP contribution in [-0.4, -0.2) is 68.5 Å². The minimum absolute atomic E-state index is 0.0484. The Bertz CT molecular complexity index is 1280. The number of benzene rings is 1. The van der Waals surface area contributed by atoms with Gasteiger partial charge in [-0.3, -0.25) is 0 Å². The van der Waals surface area contributed by atoms with Crippen LogP contribution in [0, 0.1) is 24.2 Å². The Morgan fingerprint density at radius 1 is 1.08 bits per heavy atom. The normalized spacial score (nSPS) is 47.6. The van der Waals surface area contributed by atoms with Gasteiger partial charge in [0.05, 0.1) is 28.3 Å². The van der Waals surface area contributed by atoms with Gasteiger partial charge in [-0.15, -0.1) is 11.6 Å². The molecule has 2 saturated heterocycles. The summed E-state index contributed by atoms with van der Waals surface area (Å²) >= 11 is 7.62. The zero-order valence-electron chi connectivity index (χ0n) is 21.6. The van der Waals surface area contributed by atoms with Gasteiger partial charge in [0.1, 0.15) is 5.52 Å². The van der Waals surface area contributed by atoms with Crippen LogP contribution in [0.15, 0.2) is 28.7 Å². The highest BCUT2D eigenvalue weighted by Crippen LogP contribution is 2.73. The van der Waals surface area contributed by atoms with Gasteiger partial charge in [0.15, 0.2) is 11.5 Å². The first-order valence-corrected chi connectivity index (χ1v) is 13.9. The number of halogens is 1. The van der Waals surface area contributed by atoms with Crippen LogP contribution < -0.4 is 0 Å². The molecule has 4 fully saturated rings. The summed E-state index contributed by atoms with van der Waals surface area (Å²) in [5.74, 6) is 0.833. The van der Waals surface area contributed by atoms with Crippen molar-refractivity contribution in [2.45, 2.75) is 93.1 Å². The minimum Gasteiger partial charge on any atom is -0.441 e. The number of oxazole rings is 1. The lowest BCUT2D eigenvalue weighted by Gasteiger charge is -2.65. The van der Waals surface area contributed by atoms with E-state index in [9.17, 15) is 10.2 Å². The van der Waals surface area contributed by atoms with Gasteiger partial charge in [0, 0.05) is 24.8 Å². The van der Waals surface area contributed by atoms with Crippen molar-refractivity contribution >= 4 is 28.3 Å². The lowest BCUT2D eigenvalue weighted by Crippen LogP contribution is -2.72. The van der Waals surface area contributed by atoms with Crippen molar-refractivity contribution in [3.05, 3.63) is 35.7 Å². The zero-order valence-corrected chi connectivity index (χ0v) is 22.4. The Morgan fingerprint density at radius 2 is 1.89 bits per heavy atom. The molecule has 7 rings (SSSR count). The molecule has 6 nitrogen and oxygen atoms in total. The molecule has 3 aliphatic carbocycles. The molecule has 1 aromatic carbocycles. The van der Waals surface area contributed by atoms with E-state index in [-0.39, 0.29) is 23.3 Å². The van der Waals surface area contributed by atoms with Gasteiger partial charge in [-0.05, 0) is 87.7 Å². The second-order valence-electron chi connectivity index (χ2n) is 12.8. The van der Waals surface area contributed by atoms with Crippen molar-refractivity contribution in [1.29, 1.82) is 0 Å². The average molecular weight is 513 g/mol. The zero-order chi connectivity index (χ0) is 25.3. The van der Waals surface area contributed by atoms with E-state index in [2.05, 4.69) is 36.2 Å². The number of fused-ring (bicyclic) bond motifs is 2. The fourth-order valence-electron chi connectivity index (χ4n) is 9.22. The number of aromatic nitrogens is 1. The van der Waals surface area contributed by atoms with E-state index in [1.165, 1.54) is 11.1 Å². The molecule has 194 valence electrons. The molecule has 5 aliphatic rings. The van der Waals surface area contributed by atoms with E-state index in [0.29, 0.717) is 12.3 Å². The average Bonchev–Trinajstić information content (AvgIpc) is 3.49. The number of hydrogen-bond acceptors (Lipinski definition) is 6. The number of aliphatic hydroxyl groups is 2. The largest absolute Gasteiger partial charge is 0.441 e. The van der Waals surface area contributed by atoms with Crippen molar-refractivity contribution in [3.8, 4) is 0 Å². The van der Waals surface area contributed by atoms with Crippen molar-refractivity contribution in [2.24, 2.45) is 17.3 Å². The fourth-order valence-corrected chi connectivity index (χ4v) is 9.74. The predicted molar refractivity (Wildman–Crippen MR) is 139 cm³/mol. The number of nitrogens with zero attached hydrogens (tertiary/aromatic N) is 2. The maximum Gasteiger partial charge on any atom is 0.192 e. The fraction of sp³-hybridized carbons (Fsp3) is 0.690. The Morgan fingerprint density at radius 3 is 2.67 bits per heavy atom. The topological polar surface area (TPSA) is 79.0 Å². The summed E-state index contributed by atoms with van der Waals surface area (Å²) in [6.07, 6.45) is 6.83. The first kappa shape index (κ1) is 23.7. The molecule has 3 heterocycles. The smallest absolute Gasteiger partial charge is 0.192 e. The molecule has 2 aromatic rings. The lowest BCUT2D eigenvalue weighted by atomic mass is 9.52. The summed E-state index contributed by atoms with van der Waals surface area (Å²) < 4.78 is 13.2. The molecule has 0 radical (unpaired) electrons. The number of ether oxygens (including phenoxy) is 1. The second-order valence-corrected chi connectivity index (χ2v) is 13.5. The van der Waals surface area contributed by atoms with E-state index in [0.717, 1.165) is 49.6 Å². The van der Waals surface area contributed by atoms with Crippen molar-refractivity contribution < 1.29 is 19.4 Å². The molecule has 1 aromatic heterocycles. The Balaban J connectivity index is 1.27. The summed E-state index contributed by atoms with van der Waals surface area (Å²) in [5, 5.41) is 22.3. The second kappa shape index (κ2) is 7.35. The highest BCUT2D eigenvalue weighted by Gasteiger charge is 2.76. The Labute approximate surface area is 217 Å². The predicted octanol–water partition coefficient (Wildman–Crippen LogP) is 4.68. The van der Waals surface area contributed by atoms with E-state index in [1.807, 2.05) is 25.9 Å². The Hall–Kier alpha value is -1.44. The van der Waals surface area contributed by atoms with Crippen LogP contribution in [0.3, 0.4) is 0 Å². The third kappa shape index (κ3) is 2.80. The molecular weight excluding hydrogens is 476 g/mol. The molecule has 7 heteroatoms. The van der Waals surface area contributed by atoms with E-state index in [4.69, 9.17) is 20.8 Å². The summed E-state index contributed by atoms with van der Waals surface area (Å²) in [4.78, 5) is 5.99. The van der Waals surface area contributed by atoms with Gasteiger partial charge in [-0.1, -0.05) is 19.1 Å². The van der Waals surface area contributed by atoms with E-state index in [1.54, 1.807) is 0 Å². The number of alkyl halides is 1. The van der Waals surface area contributed by atoms with Gasteiger partial charge in [0.25, 0.3) is 0 Å². The molecule has 2 aliphatic heterocycles. The minimum atomic E-state index is -0.819. The monoisotopic (exact) mass is 512 g/mol. The van der Waals surface area contributed by atoms with Gasteiger partial charge in [-0.25, -0.2) is 4.98 Å². The molecule has 2 spiro atoms. The summed E-state index contributed by atoms with van der Waals surface area (Å²) in [7, 11) is 3.96. The molecular formula is C29H37ClN2O4. The molecule has 2 bridgehead atoms. The summed E-state index contributed by atoms with van der Waals surface area (Å²) in [6.45, 7) is 4.29. The van der Waals surface area contributed by atoms with Crippen LogP contribution >= 0.6 is 11.6 Å². The Kier molecular flexibility index (Phi) is 4.83. The first-order chi connectivity index (χ1) is 17.0. The summed E-state index contributed by atoms with van der Waals surface area (Å²) in [5.41, 5.74) is 3.39. The lowest BCUT2D eigenvalue weighted by molar-refractivity contribution is -0.276. The number of rotatable bonds is 2. The van der Waals surface area contributed by atoms with Gasteiger partial charge < -0.3 is 24.3 Å². The number of aliphatic hydroxyl groups excluding tert-OH is 2. The highest BCUT2D eigenvalue weighted by atomic mass is 35.5. The maximum atomic E-state index is 11.3. The van der Waals surface area contributed by atoms with Gasteiger partial charge >= 0.3 is 0 Å². The molecule has 0 amide bonds. The summed E-state index contributed by atoms with van der Waals surface area (Å²) in [6, 6.07) is 6.26. The van der Waals surface area contributed by atoms with Crippen molar-refractivity contribution in [3.63, 3.8) is 0 Å². The van der Waals surface area contributed by atoms with Crippen LogP contribution in [0.4, 0.5) is 0 Å². The van der Waals surface area contributed by atoms with Crippen LogP contribution in [0.25, 0.3) is 16.7 Å². The number of aryl methyl sites for hydroxylation is 1. The highest BCUT2D eigenvalue weighted by molar-refractivity contribution is 6.25. The van der Waals surface area contributed by atoms with Crippen LogP contribution in [0.1, 0.15) is 63.3 Å². The van der Waals surface area contributed by atoms with E-state index >= 15 is 0 Å². The molecule has 9 atom stereocenters. The van der Waals surface area contributed by atoms with Gasteiger partial charge in [0.2, 0.25) is 0 Å². The number of likely N-dealkylation sites (N-methyl/N-ethyl adjacent to an activating group) is 1. The molecule has 2 saturated carbocycles. The standard InChI is InChI=1S/C29H37ClN2O4/c1-16-31-20-7-5-17(13-22(20)35-16)18-6-8-23-26(18,2)9-11-28(30)14-19-24(33)25(34)21(32(3)4)15-27(19)10-12-29(23,28)36-27/h5-7,13,19,21,23-25,33-34H,8-12,14-15H2,1-4H3/t19?,21-,23?,24+,25+,26+,27+,28?,29-/m0/s1. The van der Waals surface area contributed by atoms with Crippen molar-refractivity contribution in [1.82, 2.24) is 9.88 Å². The third-order valence-corrected chi connectivity index (χ3v) is 11.7. The van der Waals surface area contributed by atoms with E-state index < -0.39 is 28.3 Å². The van der Waals surface area contributed by atoms with Crippen molar-refractivity contribution in [2.75, 3.05) is 14.1 Å². The van der Waals surface area contributed by atoms with Crippen LogP contribution in [0.2, 0.25) is 0 Å². The quantitative estimate of drug-likeness (QED) is 0.569. The molecule has 36 heavy (non-hydrogen) atoms. The van der Waals surface area contributed by atoms with Crippen LogP contribution in [-0.2, 0) is 4.74 Å². The maximum absolute atomic E-state index is 11.3. The third-order valence-electron chi connectivity index (χ3n) is 11.0. The van der Waals surface area contributed by atoms with Crippen LogP contribution in [0.5, 0.6) is 0 Å². The molecule has 2 N–H and O–H groups in total. The van der Waals surface area contributed by atoms with Gasteiger partial charge in [-0.2, -0.15) is 0 Å².